The number of likely N-dealkylation sites (N-methyl/N-ethyl adjacent to an activating group) is 1. The van der Waals surface area contributed by atoms with Gasteiger partial charge in [0.25, 0.3) is 0 Å². The predicted octanol–water partition coefficient (Wildman–Crippen LogP) is 8.34. The molecule has 2 aromatic carbocycles. The van der Waals surface area contributed by atoms with Crippen molar-refractivity contribution in [3.05, 3.63) is 69.5 Å². The number of carboxylic acids is 1. The second-order valence-corrected chi connectivity index (χ2v) is 14.1. The van der Waals surface area contributed by atoms with Crippen LogP contribution in [0.1, 0.15) is 112 Å². The smallest absolute Gasteiger partial charge is 0.325 e. The topological polar surface area (TPSA) is 53.0 Å². The molecule has 0 aromatic heterocycles. The van der Waals surface area contributed by atoms with Gasteiger partial charge in [-0.1, -0.05) is 29.8 Å². The van der Waals surface area contributed by atoms with Crippen molar-refractivity contribution in [3.8, 4) is 0 Å². The van der Waals surface area contributed by atoms with Gasteiger partial charge in [-0.3, -0.25) is 9.69 Å². The van der Waals surface area contributed by atoms with E-state index in [4.69, 9.17) is 16.3 Å². The fourth-order valence-corrected chi connectivity index (χ4v) is 7.58. The van der Waals surface area contributed by atoms with Crippen LogP contribution in [0.15, 0.2) is 36.4 Å². The normalized spacial score (nSPS) is 23.3. The molecule has 7 heteroatoms. The minimum Gasteiger partial charge on any atom is -0.480 e. The van der Waals surface area contributed by atoms with E-state index in [1.165, 1.54) is 18.1 Å². The average molecular weight is 601 g/mol. The second kappa shape index (κ2) is 14.2. The zero-order chi connectivity index (χ0) is 30.6. The molecule has 5 nitrogen and oxygen atoms in total. The molecule has 42 heavy (non-hydrogen) atoms. The monoisotopic (exact) mass is 600 g/mol. The summed E-state index contributed by atoms with van der Waals surface area (Å²) < 4.78 is 20.7. The van der Waals surface area contributed by atoms with Crippen LogP contribution in [-0.4, -0.2) is 65.8 Å². The number of likely N-dealkylation sites (tertiary alicyclic amines) is 1. The van der Waals surface area contributed by atoms with Crippen molar-refractivity contribution in [2.45, 2.75) is 115 Å². The van der Waals surface area contributed by atoms with Gasteiger partial charge in [0.2, 0.25) is 0 Å². The third kappa shape index (κ3) is 8.56. The maximum absolute atomic E-state index is 14.4. The van der Waals surface area contributed by atoms with Crippen LogP contribution >= 0.6 is 11.6 Å². The van der Waals surface area contributed by atoms with E-state index in [0.717, 1.165) is 68.2 Å². The molecule has 0 radical (unpaired) electrons. The van der Waals surface area contributed by atoms with Crippen molar-refractivity contribution in [1.29, 1.82) is 0 Å². The summed E-state index contributed by atoms with van der Waals surface area (Å²) in [6.07, 6.45) is 8.11. The highest BCUT2D eigenvalue weighted by atomic mass is 35.5. The Labute approximate surface area is 257 Å². The summed E-state index contributed by atoms with van der Waals surface area (Å²) in [5.41, 5.74) is 3.97. The highest BCUT2D eigenvalue weighted by molar-refractivity contribution is 6.30. The van der Waals surface area contributed by atoms with Gasteiger partial charge >= 0.3 is 5.97 Å². The van der Waals surface area contributed by atoms with Gasteiger partial charge in [-0.25, -0.2) is 4.39 Å². The number of hydrogen-bond acceptors (Lipinski definition) is 4. The summed E-state index contributed by atoms with van der Waals surface area (Å²) in [5, 5.41) is 11.0. The van der Waals surface area contributed by atoms with E-state index in [1.54, 1.807) is 6.07 Å². The molecule has 0 amide bonds. The fraction of sp³-hybridized carbons (Fsp3) is 0.629. The molecule has 1 N–H and O–H groups in total. The lowest BCUT2D eigenvalue weighted by Crippen LogP contribution is -2.35. The van der Waals surface area contributed by atoms with Crippen LogP contribution in [-0.2, 0) is 9.53 Å². The number of aryl methyl sites for hydroxylation is 1. The lowest BCUT2D eigenvalue weighted by molar-refractivity contribution is -0.143. The Hall–Kier alpha value is -1.99. The summed E-state index contributed by atoms with van der Waals surface area (Å²) >= 11 is 6.27. The molecule has 1 heterocycles. The van der Waals surface area contributed by atoms with E-state index < -0.39 is 12.0 Å². The lowest BCUT2D eigenvalue weighted by Gasteiger charge is -2.36. The Bertz CT molecular complexity index is 1190. The Morgan fingerprint density at radius 1 is 1.17 bits per heavy atom. The van der Waals surface area contributed by atoms with Gasteiger partial charge in [0.15, 0.2) is 0 Å². The Kier molecular flexibility index (Phi) is 11.1. The summed E-state index contributed by atoms with van der Waals surface area (Å²) in [4.78, 5) is 17.2. The number of nitrogens with zero attached hydrogens (tertiary/aromatic N) is 2. The minimum atomic E-state index is -0.838. The van der Waals surface area contributed by atoms with Crippen molar-refractivity contribution >= 4 is 17.6 Å². The number of carbonyl (C=O) groups is 1. The summed E-state index contributed by atoms with van der Waals surface area (Å²) in [7, 11) is 4.07. The number of rotatable bonds is 11. The number of benzene rings is 2. The molecule has 1 aliphatic carbocycles. The molecule has 1 saturated heterocycles. The summed E-state index contributed by atoms with van der Waals surface area (Å²) in [5.74, 6) is -0.770. The Morgan fingerprint density at radius 2 is 1.88 bits per heavy atom. The van der Waals surface area contributed by atoms with Gasteiger partial charge in [0.05, 0.1) is 11.7 Å². The highest BCUT2D eigenvalue weighted by Crippen LogP contribution is 2.41. The lowest BCUT2D eigenvalue weighted by atomic mass is 9.77. The van der Waals surface area contributed by atoms with Gasteiger partial charge in [-0.2, -0.15) is 0 Å². The van der Waals surface area contributed by atoms with Crippen LogP contribution in [0.3, 0.4) is 0 Å². The van der Waals surface area contributed by atoms with Gasteiger partial charge < -0.3 is 14.7 Å². The van der Waals surface area contributed by atoms with Crippen molar-refractivity contribution in [3.63, 3.8) is 0 Å². The van der Waals surface area contributed by atoms with Crippen LogP contribution in [0.25, 0.3) is 0 Å². The van der Waals surface area contributed by atoms with Crippen molar-refractivity contribution in [2.75, 3.05) is 27.2 Å². The molecule has 1 saturated carbocycles. The van der Waals surface area contributed by atoms with Crippen molar-refractivity contribution < 1.29 is 19.0 Å². The van der Waals surface area contributed by atoms with E-state index in [9.17, 15) is 14.3 Å². The van der Waals surface area contributed by atoms with Crippen LogP contribution in [0.5, 0.6) is 0 Å². The van der Waals surface area contributed by atoms with Crippen molar-refractivity contribution in [1.82, 2.24) is 9.80 Å². The Balaban J connectivity index is 1.54. The number of halogens is 2. The SMILES string of the molecule is Cc1cccc(C(C(=O)O)N(C)CCC(C[C@@H]2CCCN2C)c2cc(F)cc(Cl)c2)c1C1CCC(OC(C)(C)C)CC1. The molecule has 0 spiro atoms. The number of hydrogen-bond donors (Lipinski definition) is 1. The molecule has 2 fully saturated rings. The molecule has 2 unspecified atom stereocenters. The number of carboxylic acid groups (broad SMARTS) is 1. The Morgan fingerprint density at radius 3 is 2.48 bits per heavy atom. The summed E-state index contributed by atoms with van der Waals surface area (Å²) in [6.45, 7) is 10.1. The molecule has 3 atom stereocenters. The molecule has 2 aromatic rings. The van der Waals surface area contributed by atoms with Crippen LogP contribution in [0, 0.1) is 12.7 Å². The third-order valence-electron chi connectivity index (χ3n) is 9.34. The maximum Gasteiger partial charge on any atom is 0.325 e. The minimum absolute atomic E-state index is 0.0794. The largest absolute Gasteiger partial charge is 0.480 e. The summed E-state index contributed by atoms with van der Waals surface area (Å²) in [6, 6.07) is 10.6. The first kappa shape index (κ1) is 32.9. The first-order chi connectivity index (χ1) is 19.8. The van der Waals surface area contributed by atoms with E-state index in [1.807, 2.05) is 30.1 Å². The van der Waals surface area contributed by atoms with E-state index >= 15 is 0 Å². The standard InChI is InChI=1S/C35H50ClFN2O3/c1-23-9-7-11-31(32(23)24-12-14-30(15-13-24)42-35(2,3)4)33(34(40)41)39(6)18-16-25(21-29-10-8-17-38(29)5)26-19-27(36)22-28(37)20-26/h7,9,11,19-20,22,24-25,29-30,33H,8,10,12-18,21H2,1-6H3,(H,40,41)/t24?,25?,29-,30?,33?/m0/s1. The molecule has 0 bridgehead atoms. The van der Waals surface area contributed by atoms with Crippen LogP contribution in [0.4, 0.5) is 4.39 Å². The number of aliphatic carboxylic acids is 1. The maximum atomic E-state index is 14.4. The molecule has 1 aliphatic heterocycles. The van der Waals surface area contributed by atoms with Gasteiger partial charge in [0, 0.05) is 11.1 Å². The second-order valence-electron chi connectivity index (χ2n) is 13.7. The number of ether oxygens (including phenoxy) is 1. The zero-order valence-corrected chi connectivity index (χ0v) is 27.1. The molecule has 2 aliphatic rings. The van der Waals surface area contributed by atoms with E-state index in [-0.39, 0.29) is 23.4 Å². The van der Waals surface area contributed by atoms with Crippen LogP contribution in [0.2, 0.25) is 5.02 Å². The highest BCUT2D eigenvalue weighted by Gasteiger charge is 2.34. The molecular formula is C35H50ClFN2O3. The first-order valence-electron chi connectivity index (χ1n) is 15.7. The first-order valence-corrected chi connectivity index (χ1v) is 16.1. The average Bonchev–Trinajstić information content (AvgIpc) is 3.30. The predicted molar refractivity (Wildman–Crippen MR) is 169 cm³/mol. The molecular weight excluding hydrogens is 551 g/mol. The molecule has 232 valence electrons. The van der Waals surface area contributed by atoms with Gasteiger partial charge in [-0.15, -0.1) is 0 Å². The van der Waals surface area contributed by atoms with E-state index in [2.05, 4.69) is 45.7 Å². The van der Waals surface area contributed by atoms with Gasteiger partial charge in [-0.05, 0) is 159 Å². The third-order valence-corrected chi connectivity index (χ3v) is 9.56. The van der Waals surface area contributed by atoms with Crippen LogP contribution < -0.4 is 0 Å². The van der Waals surface area contributed by atoms with E-state index in [0.29, 0.717) is 23.5 Å². The fourth-order valence-electron chi connectivity index (χ4n) is 7.35. The zero-order valence-electron chi connectivity index (χ0n) is 26.3. The quantitative estimate of drug-likeness (QED) is 0.281. The molecule has 4 rings (SSSR count). The van der Waals surface area contributed by atoms with Crippen molar-refractivity contribution in [2.24, 2.45) is 0 Å². The van der Waals surface area contributed by atoms with Gasteiger partial charge in [0.1, 0.15) is 11.9 Å².